The molecule has 2 rings (SSSR count). The minimum atomic E-state index is -3.46. The van der Waals surface area contributed by atoms with Gasteiger partial charge in [-0.15, -0.1) is 0 Å². The second-order valence-corrected chi connectivity index (χ2v) is 7.65. The van der Waals surface area contributed by atoms with Gasteiger partial charge in [0.2, 0.25) is 10.0 Å². The summed E-state index contributed by atoms with van der Waals surface area (Å²) in [5, 5.41) is 8.70. The predicted octanol–water partition coefficient (Wildman–Crippen LogP) is 1.81. The predicted molar refractivity (Wildman–Crippen MR) is 82.3 cm³/mol. The molecular weight excluding hydrogens is 286 g/mol. The Kier molecular flexibility index (Phi) is 4.72. The molecule has 0 radical (unpaired) electrons. The van der Waals surface area contributed by atoms with E-state index >= 15 is 0 Å². The van der Waals surface area contributed by atoms with Crippen LogP contribution in [0.2, 0.25) is 0 Å². The number of nitrogens with one attached hydrogen (secondary N) is 1. The number of aliphatic hydroxyl groups is 1. The fraction of sp³-hybridized carbons (Fsp3) is 0.500. The van der Waals surface area contributed by atoms with Crippen molar-refractivity contribution in [2.24, 2.45) is 5.41 Å². The lowest BCUT2D eigenvalue weighted by Gasteiger charge is -2.11. The standard InChI is InChI=1S/C16H21NO3S/c1-13-11-15(7-6-14(13)5-3-4-10-18)21(19,20)17-12-16(2)8-9-16/h6-7,11,17-18H,4,8-10,12H2,1-2H3. The molecule has 1 saturated carbocycles. The van der Waals surface area contributed by atoms with Crippen LogP contribution in [0.25, 0.3) is 0 Å². The van der Waals surface area contributed by atoms with Crippen molar-refractivity contribution in [1.82, 2.24) is 4.72 Å². The lowest BCUT2D eigenvalue weighted by atomic mass is 10.1. The minimum Gasteiger partial charge on any atom is -0.395 e. The Balaban J connectivity index is 2.13. The normalized spacial score (nSPS) is 16.1. The fourth-order valence-electron chi connectivity index (χ4n) is 1.90. The molecule has 0 saturated heterocycles. The molecule has 0 heterocycles. The van der Waals surface area contributed by atoms with Gasteiger partial charge in [0.1, 0.15) is 0 Å². The molecule has 1 aliphatic rings. The fourth-order valence-corrected chi connectivity index (χ4v) is 3.18. The number of benzene rings is 1. The smallest absolute Gasteiger partial charge is 0.240 e. The van der Waals surface area contributed by atoms with Gasteiger partial charge in [0.15, 0.2) is 0 Å². The average Bonchev–Trinajstić information content (AvgIpc) is 3.17. The molecule has 4 nitrogen and oxygen atoms in total. The van der Waals surface area contributed by atoms with E-state index in [9.17, 15) is 8.42 Å². The first-order valence-electron chi connectivity index (χ1n) is 7.06. The third-order valence-electron chi connectivity index (χ3n) is 3.76. The quantitative estimate of drug-likeness (QED) is 0.815. The van der Waals surface area contributed by atoms with Crippen molar-refractivity contribution in [3.63, 3.8) is 0 Å². The van der Waals surface area contributed by atoms with Crippen molar-refractivity contribution in [3.8, 4) is 11.8 Å². The van der Waals surface area contributed by atoms with Gasteiger partial charge in [-0.25, -0.2) is 13.1 Å². The number of aliphatic hydroxyl groups excluding tert-OH is 1. The summed E-state index contributed by atoms with van der Waals surface area (Å²) < 4.78 is 27.2. The Hall–Kier alpha value is -1.35. The van der Waals surface area contributed by atoms with Gasteiger partial charge in [-0.1, -0.05) is 18.8 Å². The molecule has 21 heavy (non-hydrogen) atoms. The van der Waals surface area contributed by atoms with Crippen LogP contribution < -0.4 is 4.72 Å². The van der Waals surface area contributed by atoms with Crippen LogP contribution in [-0.2, 0) is 10.0 Å². The maximum absolute atomic E-state index is 12.3. The van der Waals surface area contributed by atoms with Crippen molar-refractivity contribution < 1.29 is 13.5 Å². The van der Waals surface area contributed by atoms with Crippen LogP contribution in [-0.4, -0.2) is 26.7 Å². The molecule has 1 aromatic carbocycles. The Labute approximate surface area is 126 Å². The van der Waals surface area contributed by atoms with E-state index in [-0.39, 0.29) is 16.9 Å². The van der Waals surface area contributed by atoms with Gasteiger partial charge in [0, 0.05) is 18.5 Å². The SMILES string of the molecule is Cc1cc(S(=O)(=O)NCC2(C)CC2)ccc1C#CCCO. The molecule has 1 fully saturated rings. The third-order valence-corrected chi connectivity index (χ3v) is 5.16. The highest BCUT2D eigenvalue weighted by Crippen LogP contribution is 2.44. The third kappa shape index (κ3) is 4.31. The lowest BCUT2D eigenvalue weighted by Crippen LogP contribution is -2.29. The molecule has 1 aliphatic carbocycles. The zero-order valence-corrected chi connectivity index (χ0v) is 13.3. The van der Waals surface area contributed by atoms with Gasteiger partial charge in [0.25, 0.3) is 0 Å². The Morgan fingerprint density at radius 2 is 2.10 bits per heavy atom. The van der Waals surface area contributed by atoms with Gasteiger partial charge in [-0.2, -0.15) is 0 Å². The van der Waals surface area contributed by atoms with E-state index in [1.807, 2.05) is 6.92 Å². The summed E-state index contributed by atoms with van der Waals surface area (Å²) in [4.78, 5) is 0.275. The van der Waals surface area contributed by atoms with Crippen LogP contribution in [0.15, 0.2) is 23.1 Å². The van der Waals surface area contributed by atoms with Crippen LogP contribution in [0.1, 0.15) is 37.3 Å². The van der Waals surface area contributed by atoms with E-state index < -0.39 is 10.0 Å². The number of hydrogen-bond acceptors (Lipinski definition) is 3. The van der Waals surface area contributed by atoms with Gasteiger partial charge in [-0.05, 0) is 48.9 Å². The van der Waals surface area contributed by atoms with Crippen molar-refractivity contribution >= 4 is 10.0 Å². The summed E-state index contributed by atoms with van der Waals surface area (Å²) in [6, 6.07) is 4.93. The molecule has 114 valence electrons. The zero-order valence-electron chi connectivity index (χ0n) is 12.4. The molecule has 0 atom stereocenters. The molecule has 0 aromatic heterocycles. The molecule has 0 spiro atoms. The Morgan fingerprint density at radius 1 is 1.38 bits per heavy atom. The average molecular weight is 307 g/mol. The van der Waals surface area contributed by atoms with Crippen LogP contribution in [0.4, 0.5) is 0 Å². The summed E-state index contributed by atoms with van der Waals surface area (Å²) in [6.07, 6.45) is 2.57. The van der Waals surface area contributed by atoms with Gasteiger partial charge < -0.3 is 5.11 Å². The molecule has 1 aromatic rings. The van der Waals surface area contributed by atoms with Gasteiger partial charge in [0.05, 0.1) is 11.5 Å². The van der Waals surface area contributed by atoms with E-state index in [2.05, 4.69) is 23.5 Å². The lowest BCUT2D eigenvalue weighted by molar-refractivity contribution is 0.305. The zero-order chi connectivity index (χ0) is 15.5. The van der Waals surface area contributed by atoms with Crippen LogP contribution in [0.5, 0.6) is 0 Å². The van der Waals surface area contributed by atoms with Crippen LogP contribution >= 0.6 is 0 Å². The highest BCUT2D eigenvalue weighted by molar-refractivity contribution is 7.89. The minimum absolute atomic E-state index is 0.0290. The van der Waals surface area contributed by atoms with E-state index in [0.717, 1.165) is 24.0 Å². The second-order valence-electron chi connectivity index (χ2n) is 5.89. The first kappa shape index (κ1) is 16.0. The van der Waals surface area contributed by atoms with E-state index in [4.69, 9.17) is 5.11 Å². The topological polar surface area (TPSA) is 66.4 Å². The Morgan fingerprint density at radius 3 is 2.67 bits per heavy atom. The molecule has 0 unspecified atom stereocenters. The first-order valence-corrected chi connectivity index (χ1v) is 8.55. The highest BCUT2D eigenvalue weighted by Gasteiger charge is 2.38. The highest BCUT2D eigenvalue weighted by atomic mass is 32.2. The molecular formula is C16H21NO3S. The maximum Gasteiger partial charge on any atom is 0.240 e. The van der Waals surface area contributed by atoms with Crippen molar-refractivity contribution in [2.45, 2.75) is 38.0 Å². The second kappa shape index (κ2) is 6.18. The molecule has 0 bridgehead atoms. The van der Waals surface area contributed by atoms with E-state index in [0.29, 0.717) is 13.0 Å². The largest absolute Gasteiger partial charge is 0.395 e. The Bertz CT molecular complexity index is 679. The number of hydrogen-bond donors (Lipinski definition) is 2. The summed E-state index contributed by atoms with van der Waals surface area (Å²) in [7, 11) is -3.46. The van der Waals surface area contributed by atoms with Gasteiger partial charge >= 0.3 is 0 Å². The molecule has 0 amide bonds. The molecule has 5 heteroatoms. The number of aryl methyl sites for hydroxylation is 1. The summed E-state index contributed by atoms with van der Waals surface area (Å²) >= 11 is 0. The van der Waals surface area contributed by atoms with Crippen molar-refractivity contribution in [3.05, 3.63) is 29.3 Å². The summed E-state index contributed by atoms with van der Waals surface area (Å²) in [5.74, 6) is 5.77. The van der Waals surface area contributed by atoms with E-state index in [1.165, 1.54) is 0 Å². The van der Waals surface area contributed by atoms with E-state index in [1.54, 1.807) is 18.2 Å². The van der Waals surface area contributed by atoms with Gasteiger partial charge in [-0.3, -0.25) is 0 Å². The number of rotatable bonds is 5. The van der Waals surface area contributed by atoms with Crippen LogP contribution in [0, 0.1) is 24.2 Å². The molecule has 0 aliphatic heterocycles. The first-order chi connectivity index (χ1) is 9.86. The maximum atomic E-state index is 12.3. The van der Waals surface area contributed by atoms with Crippen molar-refractivity contribution in [2.75, 3.05) is 13.2 Å². The van der Waals surface area contributed by atoms with Crippen LogP contribution in [0.3, 0.4) is 0 Å². The molecule has 2 N–H and O–H groups in total. The summed E-state index contributed by atoms with van der Waals surface area (Å²) in [5.41, 5.74) is 1.75. The summed E-state index contributed by atoms with van der Waals surface area (Å²) in [6.45, 7) is 4.44. The number of sulfonamides is 1. The van der Waals surface area contributed by atoms with Crippen molar-refractivity contribution in [1.29, 1.82) is 0 Å². The monoisotopic (exact) mass is 307 g/mol.